The van der Waals surface area contributed by atoms with E-state index in [1.807, 2.05) is 11.0 Å². The van der Waals surface area contributed by atoms with E-state index in [1.165, 1.54) is 12.1 Å². The monoisotopic (exact) mass is 335 g/mol. The summed E-state index contributed by atoms with van der Waals surface area (Å²) in [5.41, 5.74) is 0.826. The maximum atomic E-state index is 13.1. The molecule has 1 atom stereocenters. The van der Waals surface area contributed by atoms with Crippen LogP contribution in [0.15, 0.2) is 24.3 Å². The molecule has 5 nitrogen and oxygen atoms in total. The Bertz CT molecular complexity index is 575. The summed E-state index contributed by atoms with van der Waals surface area (Å²) in [6.07, 6.45) is 1.19. The van der Waals surface area contributed by atoms with Crippen molar-refractivity contribution in [2.24, 2.45) is 0 Å². The van der Waals surface area contributed by atoms with Crippen molar-refractivity contribution in [1.82, 2.24) is 14.7 Å². The Morgan fingerprint density at radius 2 is 2.12 bits per heavy atom. The van der Waals surface area contributed by atoms with Gasteiger partial charge in [0.2, 0.25) is 5.91 Å². The smallest absolute Gasteiger partial charge is 0.236 e. The Morgan fingerprint density at radius 1 is 1.33 bits per heavy atom. The van der Waals surface area contributed by atoms with Crippen LogP contribution in [0.25, 0.3) is 0 Å². The van der Waals surface area contributed by atoms with Crippen molar-refractivity contribution in [1.29, 1.82) is 0 Å². The van der Waals surface area contributed by atoms with Crippen molar-refractivity contribution in [3.05, 3.63) is 35.6 Å². The summed E-state index contributed by atoms with van der Waals surface area (Å²) < 4.78 is 18.8. The number of halogens is 1. The second-order valence-corrected chi connectivity index (χ2v) is 7.00. The van der Waals surface area contributed by atoms with Gasteiger partial charge in [-0.15, -0.1) is 0 Å². The molecule has 2 saturated heterocycles. The predicted octanol–water partition coefficient (Wildman–Crippen LogP) is 1.19. The SMILES string of the molecule is CN(C)[C@H]1CCN(CC(=O)N2CC(OCc3cccc(F)c3)C2)C1. The fourth-order valence-corrected chi connectivity index (χ4v) is 3.26. The number of ether oxygens (including phenoxy) is 1. The first-order valence-corrected chi connectivity index (χ1v) is 8.54. The van der Waals surface area contributed by atoms with E-state index in [4.69, 9.17) is 4.74 Å². The maximum absolute atomic E-state index is 13.1. The number of rotatable bonds is 6. The molecular weight excluding hydrogens is 309 g/mol. The molecule has 0 aliphatic carbocycles. The molecule has 2 aliphatic heterocycles. The molecule has 1 aromatic carbocycles. The third-order valence-corrected chi connectivity index (χ3v) is 4.91. The summed E-state index contributed by atoms with van der Waals surface area (Å²) in [6.45, 7) is 4.12. The van der Waals surface area contributed by atoms with Crippen LogP contribution in [0, 0.1) is 5.82 Å². The molecule has 132 valence electrons. The highest BCUT2D eigenvalue weighted by Crippen LogP contribution is 2.17. The van der Waals surface area contributed by atoms with E-state index in [0.29, 0.717) is 32.3 Å². The van der Waals surface area contributed by atoms with E-state index in [9.17, 15) is 9.18 Å². The minimum atomic E-state index is -0.247. The first-order valence-electron chi connectivity index (χ1n) is 8.54. The van der Waals surface area contributed by atoms with Gasteiger partial charge in [0.05, 0.1) is 19.3 Å². The standard InChI is InChI=1S/C18H26FN3O2/c1-20(2)16-6-7-21(9-16)12-18(23)22-10-17(11-22)24-13-14-4-3-5-15(19)8-14/h3-5,8,16-17H,6-7,9-13H2,1-2H3/t16-/m0/s1. The number of likely N-dealkylation sites (tertiary alicyclic amines) is 2. The van der Waals surface area contributed by atoms with Crippen molar-refractivity contribution < 1.29 is 13.9 Å². The molecule has 2 heterocycles. The zero-order valence-electron chi connectivity index (χ0n) is 14.4. The fourth-order valence-electron chi connectivity index (χ4n) is 3.26. The van der Waals surface area contributed by atoms with Crippen LogP contribution in [0.2, 0.25) is 0 Å². The average Bonchev–Trinajstić information content (AvgIpc) is 2.94. The van der Waals surface area contributed by atoms with Gasteiger partial charge in [-0.2, -0.15) is 0 Å². The number of benzene rings is 1. The van der Waals surface area contributed by atoms with E-state index in [2.05, 4.69) is 23.9 Å². The van der Waals surface area contributed by atoms with Crippen LogP contribution in [0.5, 0.6) is 0 Å². The first-order chi connectivity index (χ1) is 11.5. The van der Waals surface area contributed by atoms with Crippen LogP contribution >= 0.6 is 0 Å². The molecule has 0 aromatic heterocycles. The molecular formula is C18H26FN3O2. The Kier molecular flexibility index (Phi) is 5.48. The summed E-state index contributed by atoms with van der Waals surface area (Å²) >= 11 is 0. The molecule has 0 unspecified atom stereocenters. The molecule has 2 fully saturated rings. The number of hydrogen-bond donors (Lipinski definition) is 0. The Morgan fingerprint density at radius 3 is 2.79 bits per heavy atom. The van der Waals surface area contributed by atoms with Gasteiger partial charge in [-0.25, -0.2) is 4.39 Å². The van der Waals surface area contributed by atoms with Crippen LogP contribution < -0.4 is 0 Å². The molecule has 24 heavy (non-hydrogen) atoms. The normalized spacial score (nSPS) is 22.2. The summed E-state index contributed by atoms with van der Waals surface area (Å²) in [5, 5.41) is 0. The highest BCUT2D eigenvalue weighted by molar-refractivity contribution is 5.79. The van der Waals surface area contributed by atoms with Gasteiger partial charge in [0.15, 0.2) is 0 Å². The Labute approximate surface area is 143 Å². The second-order valence-electron chi connectivity index (χ2n) is 7.00. The highest BCUT2D eigenvalue weighted by Gasteiger charge is 2.33. The van der Waals surface area contributed by atoms with E-state index in [1.54, 1.807) is 6.07 Å². The van der Waals surface area contributed by atoms with Crippen LogP contribution in [-0.2, 0) is 16.1 Å². The summed E-state index contributed by atoms with van der Waals surface area (Å²) in [7, 11) is 4.18. The van der Waals surface area contributed by atoms with Gasteiger partial charge in [-0.3, -0.25) is 9.69 Å². The Hall–Kier alpha value is -1.50. The molecule has 3 rings (SSSR count). The fraction of sp³-hybridized carbons (Fsp3) is 0.611. The number of hydrogen-bond acceptors (Lipinski definition) is 4. The lowest BCUT2D eigenvalue weighted by atomic mass is 10.1. The first kappa shape index (κ1) is 17.3. The largest absolute Gasteiger partial charge is 0.370 e. The van der Waals surface area contributed by atoms with Gasteiger partial charge >= 0.3 is 0 Å². The molecule has 6 heteroatoms. The lowest BCUT2D eigenvalue weighted by Crippen LogP contribution is -2.56. The number of likely N-dealkylation sites (N-methyl/N-ethyl adjacent to an activating group) is 1. The zero-order chi connectivity index (χ0) is 17.1. The lowest BCUT2D eigenvalue weighted by Gasteiger charge is -2.39. The van der Waals surface area contributed by atoms with E-state index in [-0.39, 0.29) is 17.8 Å². The quantitative estimate of drug-likeness (QED) is 0.782. The topological polar surface area (TPSA) is 36.0 Å². The van der Waals surface area contributed by atoms with Crippen molar-refractivity contribution in [2.45, 2.75) is 25.2 Å². The van der Waals surface area contributed by atoms with E-state index in [0.717, 1.165) is 25.1 Å². The van der Waals surface area contributed by atoms with Crippen molar-refractivity contribution >= 4 is 5.91 Å². The molecule has 2 aliphatic rings. The van der Waals surface area contributed by atoms with Crippen molar-refractivity contribution in [2.75, 3.05) is 46.8 Å². The molecule has 0 saturated carbocycles. The molecule has 0 spiro atoms. The average molecular weight is 335 g/mol. The summed E-state index contributed by atoms with van der Waals surface area (Å²) in [6, 6.07) is 6.99. The third-order valence-electron chi connectivity index (χ3n) is 4.91. The van der Waals surface area contributed by atoms with Crippen LogP contribution in [0.3, 0.4) is 0 Å². The van der Waals surface area contributed by atoms with Gasteiger partial charge < -0.3 is 14.5 Å². The minimum absolute atomic E-state index is 0.0605. The third kappa shape index (κ3) is 4.32. The molecule has 1 amide bonds. The van der Waals surface area contributed by atoms with E-state index < -0.39 is 0 Å². The molecule has 0 N–H and O–H groups in total. The van der Waals surface area contributed by atoms with Gasteiger partial charge in [0.1, 0.15) is 5.82 Å². The number of carbonyl (C=O) groups is 1. The summed E-state index contributed by atoms with van der Waals surface area (Å²) in [5.74, 6) is -0.0665. The Balaban J connectivity index is 1.35. The predicted molar refractivity (Wildman–Crippen MR) is 90.1 cm³/mol. The van der Waals surface area contributed by atoms with Gasteiger partial charge in [-0.05, 0) is 38.2 Å². The van der Waals surface area contributed by atoms with Crippen molar-refractivity contribution in [3.8, 4) is 0 Å². The number of amides is 1. The van der Waals surface area contributed by atoms with E-state index >= 15 is 0 Å². The molecule has 0 bridgehead atoms. The van der Waals surface area contributed by atoms with Crippen molar-refractivity contribution in [3.63, 3.8) is 0 Å². The van der Waals surface area contributed by atoms with Gasteiger partial charge in [0, 0.05) is 32.2 Å². The maximum Gasteiger partial charge on any atom is 0.236 e. The highest BCUT2D eigenvalue weighted by atomic mass is 19.1. The van der Waals surface area contributed by atoms with Gasteiger partial charge in [-0.1, -0.05) is 12.1 Å². The van der Waals surface area contributed by atoms with Crippen LogP contribution in [-0.4, -0.2) is 79.6 Å². The van der Waals surface area contributed by atoms with Crippen LogP contribution in [0.1, 0.15) is 12.0 Å². The zero-order valence-corrected chi connectivity index (χ0v) is 14.4. The van der Waals surface area contributed by atoms with Gasteiger partial charge in [0.25, 0.3) is 0 Å². The number of carbonyl (C=O) groups excluding carboxylic acids is 1. The number of nitrogens with zero attached hydrogens (tertiary/aromatic N) is 3. The summed E-state index contributed by atoms with van der Waals surface area (Å²) in [4.78, 5) is 18.6. The second kappa shape index (κ2) is 7.59. The molecule has 1 aromatic rings. The lowest BCUT2D eigenvalue weighted by molar-refractivity contribution is -0.146. The van der Waals surface area contributed by atoms with Crippen LogP contribution in [0.4, 0.5) is 4.39 Å². The molecule has 0 radical (unpaired) electrons. The minimum Gasteiger partial charge on any atom is -0.370 e.